The molecule has 2 saturated heterocycles. The molecular formula is C26H28N4O5. The van der Waals surface area contributed by atoms with Crippen LogP contribution in [0.25, 0.3) is 11.4 Å². The number of rotatable bonds is 6. The quantitative estimate of drug-likeness (QED) is 0.538. The molecule has 1 atom stereocenters. The molecule has 0 N–H and O–H groups in total. The van der Waals surface area contributed by atoms with Crippen molar-refractivity contribution in [2.75, 3.05) is 39.5 Å². The first-order chi connectivity index (χ1) is 17.2. The van der Waals surface area contributed by atoms with Crippen LogP contribution in [0, 0.1) is 0 Å². The molecular weight excluding hydrogens is 448 g/mol. The zero-order chi connectivity index (χ0) is 24.0. The highest BCUT2D eigenvalue weighted by Crippen LogP contribution is 2.31. The van der Waals surface area contributed by atoms with Crippen molar-refractivity contribution in [3.63, 3.8) is 0 Å². The summed E-state index contributed by atoms with van der Waals surface area (Å²) in [4.78, 5) is 34.0. The van der Waals surface area contributed by atoms with Gasteiger partial charge in [0, 0.05) is 30.8 Å². The van der Waals surface area contributed by atoms with Gasteiger partial charge in [0.25, 0.3) is 11.8 Å². The molecule has 5 rings (SSSR count). The highest BCUT2D eigenvalue weighted by atomic mass is 16.5. The van der Waals surface area contributed by atoms with Crippen LogP contribution in [-0.2, 0) is 9.53 Å². The van der Waals surface area contributed by atoms with Gasteiger partial charge >= 0.3 is 0 Å². The topological polar surface area (TPSA) is 98.0 Å². The highest BCUT2D eigenvalue weighted by molar-refractivity contribution is 5.95. The Morgan fingerprint density at radius 1 is 1.00 bits per heavy atom. The lowest BCUT2D eigenvalue weighted by atomic mass is 10.0. The van der Waals surface area contributed by atoms with Crippen molar-refractivity contribution in [2.24, 2.45) is 0 Å². The van der Waals surface area contributed by atoms with E-state index in [0.29, 0.717) is 61.4 Å². The van der Waals surface area contributed by atoms with Gasteiger partial charge in [0.15, 0.2) is 6.61 Å². The van der Waals surface area contributed by atoms with Crippen LogP contribution in [-0.4, -0.2) is 71.2 Å². The second-order valence-corrected chi connectivity index (χ2v) is 8.64. The monoisotopic (exact) mass is 476 g/mol. The maximum atomic E-state index is 13.0. The largest absolute Gasteiger partial charge is 0.484 e. The van der Waals surface area contributed by atoms with Gasteiger partial charge in [-0.05, 0) is 43.5 Å². The fourth-order valence-electron chi connectivity index (χ4n) is 4.46. The molecule has 9 nitrogen and oxygen atoms in total. The molecule has 0 bridgehead atoms. The maximum absolute atomic E-state index is 13.0. The minimum Gasteiger partial charge on any atom is -0.484 e. The Hall–Kier alpha value is -3.72. The Morgan fingerprint density at radius 3 is 2.66 bits per heavy atom. The summed E-state index contributed by atoms with van der Waals surface area (Å²) in [5.41, 5.74) is 1.27. The number of hydrogen-bond acceptors (Lipinski definition) is 7. The summed E-state index contributed by atoms with van der Waals surface area (Å²) in [6.07, 6.45) is 2.63. The van der Waals surface area contributed by atoms with E-state index in [-0.39, 0.29) is 24.5 Å². The molecule has 1 aromatic heterocycles. The number of hydrogen-bond donors (Lipinski definition) is 0. The van der Waals surface area contributed by atoms with E-state index in [1.54, 1.807) is 21.9 Å². The molecule has 0 spiro atoms. The number of carbonyl (C=O) groups is 2. The van der Waals surface area contributed by atoms with Gasteiger partial charge in [0.05, 0.1) is 13.2 Å². The Morgan fingerprint density at radius 2 is 1.83 bits per heavy atom. The van der Waals surface area contributed by atoms with Crippen molar-refractivity contribution in [1.29, 1.82) is 0 Å². The Bertz CT molecular complexity index is 1160. The highest BCUT2D eigenvalue weighted by Gasteiger charge is 2.32. The SMILES string of the molecule is O=C(c1cccc(-c2noc([C@H]3CCCCN3C(=O)COc3ccccc3)n2)c1)N1CCOCC1. The second-order valence-electron chi connectivity index (χ2n) is 8.64. The fourth-order valence-corrected chi connectivity index (χ4v) is 4.46. The predicted molar refractivity (Wildman–Crippen MR) is 127 cm³/mol. The Labute approximate surface area is 203 Å². The first-order valence-corrected chi connectivity index (χ1v) is 12.0. The van der Waals surface area contributed by atoms with E-state index in [4.69, 9.17) is 14.0 Å². The molecule has 3 aromatic rings. The van der Waals surface area contributed by atoms with E-state index in [9.17, 15) is 9.59 Å². The third-order valence-electron chi connectivity index (χ3n) is 6.32. The van der Waals surface area contributed by atoms with Gasteiger partial charge in [-0.3, -0.25) is 9.59 Å². The number of amides is 2. The summed E-state index contributed by atoms with van der Waals surface area (Å²) < 4.78 is 16.6. The van der Waals surface area contributed by atoms with Gasteiger partial charge in [-0.15, -0.1) is 0 Å². The molecule has 0 saturated carbocycles. The molecule has 2 aliphatic heterocycles. The summed E-state index contributed by atoms with van der Waals surface area (Å²) in [5.74, 6) is 1.30. The molecule has 182 valence electrons. The molecule has 0 aliphatic carbocycles. The van der Waals surface area contributed by atoms with Gasteiger partial charge in [0.1, 0.15) is 11.8 Å². The number of likely N-dealkylation sites (tertiary alicyclic amines) is 1. The van der Waals surface area contributed by atoms with Crippen LogP contribution < -0.4 is 4.74 Å². The first kappa shape index (κ1) is 23.0. The molecule has 35 heavy (non-hydrogen) atoms. The number of para-hydroxylation sites is 1. The van der Waals surface area contributed by atoms with Crippen molar-refractivity contribution in [2.45, 2.75) is 25.3 Å². The fraction of sp³-hybridized carbons (Fsp3) is 0.385. The van der Waals surface area contributed by atoms with Crippen LogP contribution in [0.2, 0.25) is 0 Å². The van der Waals surface area contributed by atoms with Crippen LogP contribution in [0.5, 0.6) is 5.75 Å². The van der Waals surface area contributed by atoms with Gasteiger partial charge in [-0.25, -0.2) is 0 Å². The Kier molecular flexibility index (Phi) is 7.04. The van der Waals surface area contributed by atoms with Crippen molar-refractivity contribution in [1.82, 2.24) is 19.9 Å². The van der Waals surface area contributed by atoms with Crippen LogP contribution in [0.3, 0.4) is 0 Å². The molecule has 2 fully saturated rings. The summed E-state index contributed by atoms with van der Waals surface area (Å²) in [6, 6.07) is 16.2. The van der Waals surface area contributed by atoms with Crippen LogP contribution in [0.1, 0.15) is 41.6 Å². The van der Waals surface area contributed by atoms with Crippen molar-refractivity contribution in [3.8, 4) is 17.1 Å². The third kappa shape index (κ3) is 5.35. The smallest absolute Gasteiger partial charge is 0.261 e. The number of piperidine rings is 1. The number of benzene rings is 2. The van der Waals surface area contributed by atoms with E-state index in [0.717, 1.165) is 19.3 Å². The van der Waals surface area contributed by atoms with Gasteiger partial charge in [-0.2, -0.15) is 4.98 Å². The molecule has 9 heteroatoms. The maximum Gasteiger partial charge on any atom is 0.261 e. The van der Waals surface area contributed by atoms with Crippen molar-refractivity contribution in [3.05, 3.63) is 66.1 Å². The second kappa shape index (κ2) is 10.7. The zero-order valence-corrected chi connectivity index (χ0v) is 19.5. The standard InChI is InChI=1S/C26H28N4O5/c31-23(18-34-21-9-2-1-3-10-21)30-12-5-4-11-22(30)25-27-24(28-35-25)19-7-6-8-20(17-19)26(32)29-13-15-33-16-14-29/h1-3,6-10,17,22H,4-5,11-16,18H2/t22-/m1/s1. The van der Waals surface area contributed by atoms with Gasteiger partial charge < -0.3 is 23.8 Å². The minimum atomic E-state index is -0.296. The van der Waals surface area contributed by atoms with E-state index in [1.165, 1.54) is 0 Å². The van der Waals surface area contributed by atoms with Gasteiger partial charge in [0.2, 0.25) is 11.7 Å². The first-order valence-electron chi connectivity index (χ1n) is 12.0. The van der Waals surface area contributed by atoms with E-state index in [2.05, 4.69) is 10.1 Å². The third-order valence-corrected chi connectivity index (χ3v) is 6.32. The summed E-state index contributed by atoms with van der Waals surface area (Å²) in [6.45, 7) is 2.82. The lowest BCUT2D eigenvalue weighted by Crippen LogP contribution is -2.41. The molecule has 3 heterocycles. The minimum absolute atomic E-state index is 0.0404. The van der Waals surface area contributed by atoms with Crippen LogP contribution >= 0.6 is 0 Å². The lowest BCUT2D eigenvalue weighted by molar-refractivity contribution is -0.138. The van der Waals surface area contributed by atoms with E-state index in [1.807, 2.05) is 42.5 Å². The summed E-state index contributed by atoms with van der Waals surface area (Å²) >= 11 is 0. The number of aromatic nitrogens is 2. The van der Waals surface area contributed by atoms with Crippen molar-refractivity contribution >= 4 is 11.8 Å². The predicted octanol–water partition coefficient (Wildman–Crippen LogP) is 3.34. The molecule has 2 aromatic carbocycles. The molecule has 0 unspecified atom stereocenters. The average molecular weight is 477 g/mol. The van der Waals surface area contributed by atoms with Gasteiger partial charge in [-0.1, -0.05) is 35.5 Å². The molecule has 2 amide bonds. The van der Waals surface area contributed by atoms with Crippen LogP contribution in [0.15, 0.2) is 59.1 Å². The number of nitrogens with zero attached hydrogens (tertiary/aromatic N) is 4. The number of ether oxygens (including phenoxy) is 2. The van der Waals surface area contributed by atoms with E-state index < -0.39 is 0 Å². The summed E-state index contributed by atoms with van der Waals surface area (Å²) in [7, 11) is 0. The van der Waals surface area contributed by atoms with Crippen LogP contribution in [0.4, 0.5) is 0 Å². The zero-order valence-electron chi connectivity index (χ0n) is 19.5. The number of morpholine rings is 1. The lowest BCUT2D eigenvalue weighted by Gasteiger charge is -2.33. The van der Waals surface area contributed by atoms with Crippen molar-refractivity contribution < 1.29 is 23.6 Å². The average Bonchev–Trinajstić information content (AvgIpc) is 3.43. The Balaban J connectivity index is 1.29. The van der Waals surface area contributed by atoms with E-state index >= 15 is 0 Å². The number of carbonyl (C=O) groups excluding carboxylic acids is 2. The molecule has 0 radical (unpaired) electrons. The summed E-state index contributed by atoms with van der Waals surface area (Å²) in [5, 5.41) is 4.16. The molecule has 2 aliphatic rings. The normalized spacial score (nSPS) is 18.3.